The van der Waals surface area contributed by atoms with Crippen LogP contribution in [-0.2, 0) is 11.8 Å². The first kappa shape index (κ1) is 10.4. The molecule has 0 saturated carbocycles. The molecule has 8 nitrogen and oxygen atoms in total. The highest BCUT2D eigenvalue weighted by Gasteiger charge is 2.28. The summed E-state index contributed by atoms with van der Waals surface area (Å²) in [5.74, 6) is 0.0267. The second kappa shape index (κ2) is 3.80. The number of nitrogens with one attached hydrogen (secondary N) is 1. The molecule has 0 aliphatic carbocycles. The van der Waals surface area contributed by atoms with Gasteiger partial charge in [-0.05, 0) is 9.91 Å². The molecule has 16 heavy (non-hydrogen) atoms. The number of rotatable bonds is 2. The van der Waals surface area contributed by atoms with Crippen molar-refractivity contribution in [3.05, 3.63) is 16.4 Å². The van der Waals surface area contributed by atoms with Crippen molar-refractivity contribution < 1.29 is 9.72 Å². The maximum Gasteiger partial charge on any atom is 0.406 e. The monoisotopic (exact) mass is 225 g/mol. The molecule has 1 aromatic rings. The van der Waals surface area contributed by atoms with Crippen LogP contribution in [0.3, 0.4) is 0 Å². The van der Waals surface area contributed by atoms with Gasteiger partial charge in [-0.2, -0.15) is 0 Å². The number of aromatic nitrogens is 2. The lowest BCUT2D eigenvalue weighted by Gasteiger charge is -2.27. The molecule has 1 saturated heterocycles. The fourth-order valence-corrected chi connectivity index (χ4v) is 1.72. The number of hydrogen-bond acceptors (Lipinski definition) is 5. The van der Waals surface area contributed by atoms with E-state index >= 15 is 0 Å². The van der Waals surface area contributed by atoms with Gasteiger partial charge in [0.05, 0.1) is 6.54 Å². The highest BCUT2D eigenvalue weighted by molar-refractivity contribution is 5.83. The molecule has 1 fully saturated rings. The summed E-state index contributed by atoms with van der Waals surface area (Å²) in [5, 5.41) is 13.4. The Morgan fingerprint density at radius 3 is 3.00 bits per heavy atom. The number of carbonyl (C=O) groups is 1. The Hall–Kier alpha value is -2.12. The minimum atomic E-state index is -0.540. The Labute approximate surface area is 91.0 Å². The van der Waals surface area contributed by atoms with Crippen LogP contribution >= 0.6 is 0 Å². The van der Waals surface area contributed by atoms with Gasteiger partial charge in [0.2, 0.25) is 18.1 Å². The molecule has 1 N–H and O–H groups in total. The van der Waals surface area contributed by atoms with E-state index in [9.17, 15) is 14.9 Å². The predicted molar refractivity (Wildman–Crippen MR) is 55.1 cm³/mol. The molecule has 2 rings (SSSR count). The number of nitrogens with zero attached hydrogens (tertiary/aromatic N) is 4. The zero-order chi connectivity index (χ0) is 11.7. The van der Waals surface area contributed by atoms with Crippen LogP contribution in [0.15, 0.2) is 6.33 Å². The third-order valence-corrected chi connectivity index (χ3v) is 2.40. The van der Waals surface area contributed by atoms with Crippen molar-refractivity contribution in [2.45, 2.75) is 0 Å². The lowest BCUT2D eigenvalue weighted by molar-refractivity contribution is -0.388. The maximum absolute atomic E-state index is 11.2. The summed E-state index contributed by atoms with van der Waals surface area (Å²) >= 11 is 0. The van der Waals surface area contributed by atoms with Crippen molar-refractivity contribution in [2.75, 3.05) is 24.5 Å². The normalized spacial score (nSPS) is 16.1. The average molecular weight is 225 g/mol. The first-order valence-corrected chi connectivity index (χ1v) is 4.77. The molecule has 0 spiro atoms. The third-order valence-electron chi connectivity index (χ3n) is 2.40. The molecule has 86 valence electrons. The van der Waals surface area contributed by atoms with Gasteiger partial charge in [-0.15, -0.1) is 0 Å². The molecular weight excluding hydrogens is 214 g/mol. The molecule has 2 heterocycles. The van der Waals surface area contributed by atoms with Gasteiger partial charge in [0, 0.05) is 20.1 Å². The maximum atomic E-state index is 11.2. The standard InChI is InChI=1S/C8H11N5O3/c1-11-5-10-7(13(15)16)8(11)12-3-2-9-6(14)4-12/h5H,2-4H2,1H3,(H,9,14). The van der Waals surface area contributed by atoms with Gasteiger partial charge in [0.1, 0.15) is 0 Å². The van der Waals surface area contributed by atoms with Crippen LogP contribution in [0, 0.1) is 10.1 Å². The molecule has 0 unspecified atom stereocenters. The molecule has 0 bridgehead atoms. The van der Waals surface area contributed by atoms with Crippen molar-refractivity contribution in [1.82, 2.24) is 14.9 Å². The van der Waals surface area contributed by atoms with Crippen LogP contribution < -0.4 is 10.2 Å². The molecule has 8 heteroatoms. The van der Waals surface area contributed by atoms with Crippen LogP contribution in [0.5, 0.6) is 0 Å². The van der Waals surface area contributed by atoms with Crippen molar-refractivity contribution in [3.8, 4) is 0 Å². The Balaban J connectivity index is 2.34. The highest BCUT2D eigenvalue weighted by atomic mass is 16.6. The van der Waals surface area contributed by atoms with Gasteiger partial charge in [-0.25, -0.2) is 0 Å². The topological polar surface area (TPSA) is 93.3 Å². The Bertz CT molecular complexity index is 441. The van der Waals surface area contributed by atoms with Crippen molar-refractivity contribution in [2.24, 2.45) is 7.05 Å². The Morgan fingerprint density at radius 1 is 1.62 bits per heavy atom. The van der Waals surface area contributed by atoms with Crippen LogP contribution in [0.2, 0.25) is 0 Å². The van der Waals surface area contributed by atoms with Crippen molar-refractivity contribution in [3.63, 3.8) is 0 Å². The van der Waals surface area contributed by atoms with E-state index in [-0.39, 0.29) is 18.3 Å². The summed E-state index contributed by atoms with van der Waals surface area (Å²) in [5.41, 5.74) is 0. The molecule has 1 aromatic heterocycles. The van der Waals surface area contributed by atoms with Gasteiger partial charge >= 0.3 is 5.82 Å². The first-order chi connectivity index (χ1) is 7.59. The summed E-state index contributed by atoms with van der Waals surface area (Å²) in [4.78, 5) is 26.8. The van der Waals surface area contributed by atoms with E-state index in [1.54, 1.807) is 16.5 Å². The summed E-state index contributed by atoms with van der Waals surface area (Å²) in [6, 6.07) is 0. The highest BCUT2D eigenvalue weighted by Crippen LogP contribution is 2.25. The van der Waals surface area contributed by atoms with Crippen molar-refractivity contribution in [1.29, 1.82) is 0 Å². The second-order valence-corrected chi connectivity index (χ2v) is 3.53. The molecule has 0 atom stereocenters. The van der Waals surface area contributed by atoms with E-state index in [1.165, 1.54) is 6.33 Å². The van der Waals surface area contributed by atoms with Crippen molar-refractivity contribution >= 4 is 17.5 Å². The minimum absolute atomic E-state index is 0.125. The predicted octanol–water partition coefficient (Wildman–Crippen LogP) is -0.736. The van der Waals surface area contributed by atoms with E-state index in [2.05, 4.69) is 10.3 Å². The number of amides is 1. The lowest BCUT2D eigenvalue weighted by atomic mass is 10.3. The van der Waals surface area contributed by atoms with E-state index in [1.807, 2.05) is 0 Å². The van der Waals surface area contributed by atoms with Gasteiger partial charge < -0.3 is 20.3 Å². The number of aryl methyl sites for hydroxylation is 1. The fraction of sp³-hybridized carbons (Fsp3) is 0.500. The quantitative estimate of drug-likeness (QED) is 0.528. The average Bonchev–Trinajstić information content (AvgIpc) is 2.60. The second-order valence-electron chi connectivity index (χ2n) is 3.53. The van der Waals surface area contributed by atoms with E-state index in [0.29, 0.717) is 18.9 Å². The fourth-order valence-electron chi connectivity index (χ4n) is 1.72. The van der Waals surface area contributed by atoms with E-state index < -0.39 is 4.92 Å². The number of hydrogen-bond donors (Lipinski definition) is 1. The van der Waals surface area contributed by atoms with Gasteiger partial charge in [0.15, 0.2) is 0 Å². The number of carbonyl (C=O) groups excluding carboxylic acids is 1. The number of anilines is 1. The summed E-state index contributed by atoms with van der Waals surface area (Å²) in [6.07, 6.45) is 1.37. The largest absolute Gasteiger partial charge is 0.406 e. The van der Waals surface area contributed by atoms with Gasteiger partial charge in [-0.1, -0.05) is 0 Å². The van der Waals surface area contributed by atoms with Crippen LogP contribution in [0.25, 0.3) is 0 Å². The zero-order valence-corrected chi connectivity index (χ0v) is 8.71. The van der Waals surface area contributed by atoms with Crippen LogP contribution in [0.4, 0.5) is 11.6 Å². The zero-order valence-electron chi connectivity index (χ0n) is 8.71. The summed E-state index contributed by atoms with van der Waals surface area (Å²) in [7, 11) is 1.67. The van der Waals surface area contributed by atoms with E-state index in [4.69, 9.17) is 0 Å². The smallest absolute Gasteiger partial charge is 0.358 e. The third kappa shape index (κ3) is 1.69. The Morgan fingerprint density at radius 2 is 2.38 bits per heavy atom. The molecule has 0 aromatic carbocycles. The minimum Gasteiger partial charge on any atom is -0.358 e. The molecule has 0 radical (unpaired) electrons. The number of imidazole rings is 1. The molecular formula is C8H11N5O3. The SMILES string of the molecule is Cn1cnc([N+](=O)[O-])c1N1CCNC(=O)C1. The molecule has 1 amide bonds. The number of nitro groups is 1. The molecule has 1 aliphatic rings. The van der Waals surface area contributed by atoms with Gasteiger partial charge in [-0.3, -0.25) is 9.36 Å². The Kier molecular flexibility index (Phi) is 2.47. The van der Waals surface area contributed by atoms with Gasteiger partial charge in [0.25, 0.3) is 0 Å². The number of piperazine rings is 1. The summed E-state index contributed by atoms with van der Waals surface area (Å²) < 4.78 is 1.55. The van der Waals surface area contributed by atoms with E-state index in [0.717, 1.165) is 0 Å². The lowest BCUT2D eigenvalue weighted by Crippen LogP contribution is -2.48. The van der Waals surface area contributed by atoms with Crippen LogP contribution in [0.1, 0.15) is 0 Å². The first-order valence-electron chi connectivity index (χ1n) is 4.77. The molecule has 1 aliphatic heterocycles. The summed E-state index contributed by atoms with van der Waals surface area (Å²) in [6.45, 7) is 1.16. The van der Waals surface area contributed by atoms with Crippen LogP contribution in [-0.4, -0.2) is 40.0 Å².